The normalized spacial score (nSPS) is 14.0. The van der Waals surface area contributed by atoms with Crippen LogP contribution in [0, 0.1) is 0 Å². The summed E-state index contributed by atoms with van der Waals surface area (Å²) in [6.07, 6.45) is 1.26. The maximum absolute atomic E-state index is 12.3. The van der Waals surface area contributed by atoms with Crippen LogP contribution in [0.3, 0.4) is 0 Å². The first-order valence-electron chi connectivity index (χ1n) is 9.00. The summed E-state index contributed by atoms with van der Waals surface area (Å²) < 4.78 is 11.0. The number of thiazole rings is 1. The summed E-state index contributed by atoms with van der Waals surface area (Å²) >= 11 is 1.37. The van der Waals surface area contributed by atoms with Crippen molar-refractivity contribution in [2.24, 2.45) is 0 Å². The highest BCUT2D eigenvalue weighted by molar-refractivity contribution is 7.14. The fourth-order valence-electron chi connectivity index (χ4n) is 2.71. The topological polar surface area (TPSA) is 80.8 Å². The molecule has 1 aliphatic rings. The number of carbonyl (C=O) groups is 2. The fraction of sp³-hybridized carbons (Fsp3) is 0.421. The van der Waals surface area contributed by atoms with Crippen LogP contribution >= 0.6 is 11.3 Å². The van der Waals surface area contributed by atoms with E-state index in [1.807, 2.05) is 36.6 Å². The van der Waals surface area contributed by atoms with E-state index in [2.05, 4.69) is 10.3 Å². The van der Waals surface area contributed by atoms with Gasteiger partial charge < -0.3 is 19.7 Å². The number of hydrogen-bond acceptors (Lipinski definition) is 6. The van der Waals surface area contributed by atoms with E-state index in [0.717, 1.165) is 12.0 Å². The average molecular weight is 389 g/mol. The van der Waals surface area contributed by atoms with Crippen LogP contribution in [0.4, 0.5) is 5.13 Å². The van der Waals surface area contributed by atoms with Crippen LogP contribution in [0.1, 0.15) is 19.8 Å². The number of hydrogen-bond donors (Lipinski definition) is 1. The zero-order valence-corrected chi connectivity index (χ0v) is 16.1. The molecule has 8 heteroatoms. The zero-order chi connectivity index (χ0) is 19.1. The Morgan fingerprint density at radius 3 is 2.85 bits per heavy atom. The maximum Gasteiger partial charge on any atom is 0.260 e. The Hall–Kier alpha value is -2.45. The third-order valence-electron chi connectivity index (χ3n) is 4.11. The minimum absolute atomic E-state index is 0.0265. The fourth-order valence-corrected chi connectivity index (χ4v) is 3.44. The molecule has 1 aromatic heterocycles. The van der Waals surface area contributed by atoms with Crippen molar-refractivity contribution in [3.63, 3.8) is 0 Å². The summed E-state index contributed by atoms with van der Waals surface area (Å²) in [6.45, 7) is 4.24. The highest BCUT2D eigenvalue weighted by Crippen LogP contribution is 2.32. The number of para-hydroxylation sites is 1. The van der Waals surface area contributed by atoms with Crippen LogP contribution in [0.15, 0.2) is 29.6 Å². The number of morpholine rings is 1. The lowest BCUT2D eigenvalue weighted by Gasteiger charge is -2.26. The minimum atomic E-state index is -0.0566. The number of nitrogens with one attached hydrogen (secondary N) is 1. The average Bonchev–Trinajstić information content (AvgIpc) is 3.15. The van der Waals surface area contributed by atoms with Crippen molar-refractivity contribution in [3.05, 3.63) is 29.6 Å². The molecule has 0 aliphatic carbocycles. The predicted molar refractivity (Wildman–Crippen MR) is 104 cm³/mol. The van der Waals surface area contributed by atoms with Crippen LogP contribution in [0.25, 0.3) is 11.3 Å². The Bertz CT molecular complexity index is 787. The van der Waals surface area contributed by atoms with E-state index >= 15 is 0 Å². The third-order valence-corrected chi connectivity index (χ3v) is 4.86. The van der Waals surface area contributed by atoms with Crippen LogP contribution < -0.4 is 10.1 Å². The minimum Gasteiger partial charge on any atom is -0.483 e. The predicted octanol–water partition coefficient (Wildman–Crippen LogP) is 2.79. The molecule has 1 aromatic carbocycles. The number of anilines is 1. The molecule has 0 bridgehead atoms. The van der Waals surface area contributed by atoms with E-state index in [9.17, 15) is 9.59 Å². The highest BCUT2D eigenvalue weighted by Gasteiger charge is 2.18. The van der Waals surface area contributed by atoms with E-state index in [4.69, 9.17) is 9.47 Å². The van der Waals surface area contributed by atoms with E-state index in [1.54, 1.807) is 4.90 Å². The quantitative estimate of drug-likeness (QED) is 0.788. The summed E-state index contributed by atoms with van der Waals surface area (Å²) in [6, 6.07) is 7.45. The van der Waals surface area contributed by atoms with Gasteiger partial charge in [-0.1, -0.05) is 19.1 Å². The Balaban J connectivity index is 1.66. The lowest BCUT2D eigenvalue weighted by molar-refractivity contribution is -0.137. The van der Waals surface area contributed by atoms with Gasteiger partial charge in [0.25, 0.3) is 5.91 Å². The second kappa shape index (κ2) is 9.48. The van der Waals surface area contributed by atoms with E-state index in [-0.39, 0.29) is 18.4 Å². The van der Waals surface area contributed by atoms with Gasteiger partial charge in [0.15, 0.2) is 11.7 Å². The number of aromatic nitrogens is 1. The van der Waals surface area contributed by atoms with Crippen molar-refractivity contribution in [1.29, 1.82) is 0 Å². The number of nitrogens with zero attached hydrogens (tertiary/aromatic N) is 2. The van der Waals surface area contributed by atoms with Crippen LogP contribution in [-0.2, 0) is 14.3 Å². The lowest BCUT2D eigenvalue weighted by Crippen LogP contribution is -2.43. The number of carbonyl (C=O) groups excluding carboxylic acids is 2. The third kappa shape index (κ3) is 5.27. The Morgan fingerprint density at radius 2 is 2.07 bits per heavy atom. The van der Waals surface area contributed by atoms with Crippen LogP contribution in [0.2, 0.25) is 0 Å². The molecule has 1 fully saturated rings. The molecule has 2 aromatic rings. The molecular weight excluding hydrogens is 366 g/mol. The Morgan fingerprint density at radius 1 is 1.30 bits per heavy atom. The number of ether oxygens (including phenoxy) is 2. The lowest BCUT2D eigenvalue weighted by atomic mass is 10.1. The molecule has 2 amide bonds. The van der Waals surface area contributed by atoms with Crippen molar-refractivity contribution in [3.8, 4) is 17.0 Å². The van der Waals surface area contributed by atoms with E-state index in [0.29, 0.717) is 49.3 Å². The van der Waals surface area contributed by atoms with E-state index in [1.165, 1.54) is 11.3 Å². The van der Waals surface area contributed by atoms with Crippen molar-refractivity contribution < 1.29 is 19.1 Å². The van der Waals surface area contributed by atoms with Crippen molar-refractivity contribution in [2.75, 3.05) is 38.2 Å². The van der Waals surface area contributed by atoms with Gasteiger partial charge in [0.05, 0.1) is 18.9 Å². The monoisotopic (exact) mass is 389 g/mol. The summed E-state index contributed by atoms with van der Waals surface area (Å²) in [4.78, 5) is 30.2. The summed E-state index contributed by atoms with van der Waals surface area (Å²) in [7, 11) is 0. The molecule has 0 atom stereocenters. The Labute approximate surface area is 162 Å². The molecule has 2 heterocycles. The van der Waals surface area contributed by atoms with Crippen molar-refractivity contribution >= 4 is 28.3 Å². The van der Waals surface area contributed by atoms with Crippen LogP contribution in [-0.4, -0.2) is 54.6 Å². The second-order valence-electron chi connectivity index (χ2n) is 6.11. The first-order chi connectivity index (χ1) is 13.2. The SMILES string of the molecule is CCCC(=O)Nc1nc(-c2ccccc2OCC(=O)N2CCOCC2)cs1. The van der Waals surface area contributed by atoms with Crippen LogP contribution in [0.5, 0.6) is 5.75 Å². The molecule has 1 aliphatic heterocycles. The molecular formula is C19H23N3O4S. The molecule has 0 spiro atoms. The highest BCUT2D eigenvalue weighted by atomic mass is 32.1. The van der Waals surface area contributed by atoms with Gasteiger partial charge >= 0.3 is 0 Å². The number of amides is 2. The summed E-state index contributed by atoms with van der Waals surface area (Å²) in [5.74, 6) is 0.494. The van der Waals surface area contributed by atoms with Gasteiger partial charge in [-0.05, 0) is 18.6 Å². The molecule has 1 saturated heterocycles. The van der Waals surface area contributed by atoms with Gasteiger partial charge in [-0.2, -0.15) is 0 Å². The zero-order valence-electron chi connectivity index (χ0n) is 15.3. The van der Waals surface area contributed by atoms with Gasteiger partial charge in [-0.25, -0.2) is 4.98 Å². The van der Waals surface area contributed by atoms with Gasteiger partial charge in [0.2, 0.25) is 5.91 Å². The van der Waals surface area contributed by atoms with Crippen molar-refractivity contribution in [1.82, 2.24) is 9.88 Å². The smallest absolute Gasteiger partial charge is 0.260 e. The molecule has 7 nitrogen and oxygen atoms in total. The molecule has 3 rings (SSSR count). The van der Waals surface area contributed by atoms with Gasteiger partial charge in [0, 0.05) is 30.5 Å². The van der Waals surface area contributed by atoms with Gasteiger partial charge in [-0.3, -0.25) is 9.59 Å². The summed E-state index contributed by atoms with van der Waals surface area (Å²) in [5.41, 5.74) is 1.50. The molecule has 0 unspecified atom stereocenters. The van der Waals surface area contributed by atoms with E-state index < -0.39 is 0 Å². The second-order valence-corrected chi connectivity index (χ2v) is 6.97. The first kappa shape index (κ1) is 19.3. The summed E-state index contributed by atoms with van der Waals surface area (Å²) in [5, 5.41) is 5.23. The number of benzene rings is 1. The molecule has 1 N–H and O–H groups in total. The maximum atomic E-state index is 12.3. The molecule has 0 radical (unpaired) electrons. The largest absolute Gasteiger partial charge is 0.483 e. The van der Waals surface area contributed by atoms with Gasteiger partial charge in [-0.15, -0.1) is 11.3 Å². The van der Waals surface area contributed by atoms with Gasteiger partial charge in [0.1, 0.15) is 5.75 Å². The number of rotatable bonds is 7. The Kier molecular flexibility index (Phi) is 6.78. The molecule has 0 saturated carbocycles. The standard InChI is InChI=1S/C19H23N3O4S/c1-2-5-17(23)21-19-20-15(13-27-19)14-6-3-4-7-16(14)26-12-18(24)22-8-10-25-11-9-22/h3-4,6-7,13H,2,5,8-12H2,1H3,(H,20,21,23). The molecule has 144 valence electrons. The first-order valence-corrected chi connectivity index (χ1v) is 9.88. The molecule has 27 heavy (non-hydrogen) atoms. The van der Waals surface area contributed by atoms with Crippen molar-refractivity contribution in [2.45, 2.75) is 19.8 Å².